The van der Waals surface area contributed by atoms with E-state index in [-0.39, 0.29) is 11.0 Å². The Hall–Kier alpha value is -2.54. The lowest BCUT2D eigenvalue weighted by Crippen LogP contribution is -2.63. The molecular formula is C28H38N4O2. The van der Waals surface area contributed by atoms with Crippen molar-refractivity contribution in [3.8, 4) is 5.69 Å². The molecule has 0 unspecified atom stereocenters. The summed E-state index contributed by atoms with van der Waals surface area (Å²) < 4.78 is 7.53. The number of aromatic nitrogens is 3. The second-order valence-electron chi connectivity index (χ2n) is 11.1. The minimum absolute atomic E-state index is 0.285. The Bertz CT molecular complexity index is 1130. The van der Waals surface area contributed by atoms with E-state index >= 15 is 0 Å². The van der Waals surface area contributed by atoms with Crippen molar-refractivity contribution in [2.75, 3.05) is 27.2 Å². The van der Waals surface area contributed by atoms with Crippen molar-refractivity contribution in [1.29, 1.82) is 0 Å². The van der Waals surface area contributed by atoms with E-state index < -0.39 is 5.60 Å². The molecule has 1 aromatic carbocycles. The maximum absolute atomic E-state index is 12.4. The molecule has 0 saturated carbocycles. The summed E-state index contributed by atoms with van der Waals surface area (Å²) in [5, 5.41) is 12.4. The van der Waals surface area contributed by atoms with Crippen LogP contribution in [0.5, 0.6) is 0 Å². The lowest BCUT2D eigenvalue weighted by Gasteiger charge is -2.55. The maximum atomic E-state index is 12.4. The van der Waals surface area contributed by atoms with Gasteiger partial charge in [-0.1, -0.05) is 45.0 Å². The molecule has 0 aliphatic carbocycles. The van der Waals surface area contributed by atoms with E-state index in [0.717, 1.165) is 35.6 Å². The second-order valence-corrected chi connectivity index (χ2v) is 11.1. The Morgan fingerprint density at radius 3 is 2.38 bits per heavy atom. The molecule has 4 rings (SSSR count). The standard InChI is InChI=1S/C28H38N4O2/c1-20(2)21-8-10-22(11-9-21)28(33,27(5)17-31(6)18-27)23-12-25(15-29-14-23)32-16-24(30-19-32)13-26(3,4)34-7/h8-12,14-16,19-20,33H,13,17-18H2,1-7H3/t28-/m0/s1. The number of hydrogen-bond donors (Lipinski definition) is 1. The van der Waals surface area contributed by atoms with Gasteiger partial charge in [0.25, 0.3) is 0 Å². The molecule has 1 saturated heterocycles. The maximum Gasteiger partial charge on any atom is 0.124 e. The van der Waals surface area contributed by atoms with Crippen LogP contribution in [0.25, 0.3) is 5.69 Å². The Labute approximate surface area is 203 Å². The van der Waals surface area contributed by atoms with Gasteiger partial charge in [0.1, 0.15) is 5.60 Å². The third-order valence-corrected chi connectivity index (χ3v) is 7.34. The molecule has 1 fully saturated rings. The Kier molecular flexibility index (Phi) is 6.44. The molecule has 2 aromatic heterocycles. The van der Waals surface area contributed by atoms with Gasteiger partial charge in [0.15, 0.2) is 0 Å². The van der Waals surface area contributed by atoms with Crippen LogP contribution in [0.4, 0.5) is 0 Å². The number of imidazole rings is 1. The van der Waals surface area contributed by atoms with Crippen LogP contribution in [0, 0.1) is 5.41 Å². The van der Waals surface area contributed by atoms with E-state index in [1.807, 2.05) is 23.0 Å². The highest BCUT2D eigenvalue weighted by molar-refractivity contribution is 5.44. The van der Waals surface area contributed by atoms with Gasteiger partial charge in [-0.25, -0.2) is 4.98 Å². The molecule has 0 radical (unpaired) electrons. The monoisotopic (exact) mass is 462 g/mol. The van der Waals surface area contributed by atoms with Crippen molar-refractivity contribution in [2.24, 2.45) is 5.41 Å². The molecule has 1 atom stereocenters. The van der Waals surface area contributed by atoms with Crippen LogP contribution in [-0.2, 0) is 16.8 Å². The number of aliphatic hydroxyl groups is 1. The molecule has 3 heterocycles. The zero-order valence-electron chi connectivity index (χ0n) is 21.5. The first kappa shape index (κ1) is 24.6. The first-order valence-corrected chi connectivity index (χ1v) is 12.0. The van der Waals surface area contributed by atoms with Gasteiger partial charge in [0.2, 0.25) is 0 Å². The highest BCUT2D eigenvalue weighted by Crippen LogP contribution is 2.50. The van der Waals surface area contributed by atoms with Gasteiger partial charge < -0.3 is 19.3 Å². The molecule has 6 nitrogen and oxygen atoms in total. The first-order chi connectivity index (χ1) is 16.0. The smallest absolute Gasteiger partial charge is 0.124 e. The van der Waals surface area contributed by atoms with Crippen LogP contribution in [0.3, 0.4) is 0 Å². The minimum atomic E-state index is -1.17. The summed E-state index contributed by atoms with van der Waals surface area (Å²) in [6, 6.07) is 10.5. The summed E-state index contributed by atoms with van der Waals surface area (Å²) in [5.41, 5.74) is 3.00. The SMILES string of the molecule is COC(C)(C)Cc1cn(-c2cncc([C@@](O)(c3ccc(C(C)C)cc3)C3(C)CN(C)C3)c2)cn1. The second kappa shape index (κ2) is 8.91. The minimum Gasteiger partial charge on any atom is -0.380 e. The van der Waals surface area contributed by atoms with Gasteiger partial charge in [-0.05, 0) is 44.0 Å². The number of methoxy groups -OCH3 is 1. The quantitative estimate of drug-likeness (QED) is 0.532. The lowest BCUT2D eigenvalue weighted by molar-refractivity contribution is -0.127. The fraction of sp³-hybridized carbons (Fsp3) is 0.500. The largest absolute Gasteiger partial charge is 0.380 e. The van der Waals surface area contributed by atoms with E-state index in [4.69, 9.17) is 4.74 Å². The predicted molar refractivity (Wildman–Crippen MR) is 135 cm³/mol. The van der Waals surface area contributed by atoms with Crippen molar-refractivity contribution < 1.29 is 9.84 Å². The van der Waals surface area contributed by atoms with Crippen molar-refractivity contribution in [3.05, 3.63) is 77.6 Å². The summed E-state index contributed by atoms with van der Waals surface area (Å²) in [5.74, 6) is 0.441. The number of nitrogens with zero attached hydrogens (tertiary/aromatic N) is 4. The van der Waals surface area contributed by atoms with Crippen LogP contribution in [0.1, 0.15) is 62.9 Å². The van der Waals surface area contributed by atoms with Crippen LogP contribution in [0.2, 0.25) is 0 Å². The molecule has 6 heteroatoms. The van der Waals surface area contributed by atoms with Gasteiger partial charge in [-0.15, -0.1) is 0 Å². The molecule has 34 heavy (non-hydrogen) atoms. The fourth-order valence-corrected chi connectivity index (χ4v) is 5.22. The molecule has 0 bridgehead atoms. The van der Waals surface area contributed by atoms with Crippen LogP contribution in [-0.4, -0.2) is 57.4 Å². The molecule has 3 aromatic rings. The third kappa shape index (κ3) is 4.42. The third-order valence-electron chi connectivity index (χ3n) is 7.34. The van der Waals surface area contributed by atoms with Crippen molar-refractivity contribution in [3.63, 3.8) is 0 Å². The lowest BCUT2D eigenvalue weighted by atomic mass is 9.62. The fourth-order valence-electron chi connectivity index (χ4n) is 5.22. The highest BCUT2D eigenvalue weighted by Gasteiger charge is 2.55. The van der Waals surface area contributed by atoms with Gasteiger partial charge in [0.05, 0.1) is 29.5 Å². The van der Waals surface area contributed by atoms with Gasteiger partial charge in [-0.2, -0.15) is 0 Å². The molecule has 1 aliphatic heterocycles. The van der Waals surface area contributed by atoms with E-state index in [2.05, 4.69) is 80.8 Å². The summed E-state index contributed by atoms with van der Waals surface area (Å²) in [6.07, 6.45) is 8.14. The number of ether oxygens (including phenoxy) is 1. The normalized spacial score (nSPS) is 18.0. The summed E-state index contributed by atoms with van der Waals surface area (Å²) >= 11 is 0. The number of benzene rings is 1. The summed E-state index contributed by atoms with van der Waals surface area (Å²) in [4.78, 5) is 11.4. The summed E-state index contributed by atoms with van der Waals surface area (Å²) in [7, 11) is 3.81. The van der Waals surface area contributed by atoms with Crippen LogP contribution in [0.15, 0.2) is 55.2 Å². The highest BCUT2D eigenvalue weighted by atomic mass is 16.5. The van der Waals surface area contributed by atoms with Gasteiger partial charge >= 0.3 is 0 Å². The summed E-state index contributed by atoms with van der Waals surface area (Å²) in [6.45, 7) is 12.2. The average molecular weight is 463 g/mol. The van der Waals surface area contributed by atoms with Crippen molar-refractivity contribution in [1.82, 2.24) is 19.4 Å². The molecule has 182 valence electrons. The zero-order chi connectivity index (χ0) is 24.7. The number of likely N-dealkylation sites (tertiary alicyclic amines) is 1. The topological polar surface area (TPSA) is 63.4 Å². The van der Waals surface area contributed by atoms with Gasteiger partial charge in [0, 0.05) is 50.0 Å². The predicted octanol–water partition coefficient (Wildman–Crippen LogP) is 4.55. The number of pyridine rings is 1. The Morgan fingerprint density at radius 2 is 1.79 bits per heavy atom. The molecule has 1 N–H and O–H groups in total. The number of hydrogen-bond acceptors (Lipinski definition) is 5. The van der Waals surface area contributed by atoms with Crippen LogP contribution < -0.4 is 0 Å². The first-order valence-electron chi connectivity index (χ1n) is 12.0. The molecule has 0 spiro atoms. The molecular weight excluding hydrogens is 424 g/mol. The van der Waals surface area contributed by atoms with Crippen LogP contribution >= 0.6 is 0 Å². The molecule has 1 aliphatic rings. The van der Waals surface area contributed by atoms with E-state index in [0.29, 0.717) is 12.3 Å². The van der Waals surface area contributed by atoms with E-state index in [1.54, 1.807) is 19.6 Å². The number of rotatable bonds is 8. The van der Waals surface area contributed by atoms with E-state index in [1.165, 1.54) is 5.56 Å². The van der Waals surface area contributed by atoms with Crippen molar-refractivity contribution in [2.45, 2.75) is 58.2 Å². The zero-order valence-corrected chi connectivity index (χ0v) is 21.5. The van der Waals surface area contributed by atoms with E-state index in [9.17, 15) is 5.11 Å². The average Bonchev–Trinajstić information content (AvgIpc) is 3.25. The Balaban J connectivity index is 1.74. The molecule has 0 amide bonds. The Morgan fingerprint density at radius 1 is 1.12 bits per heavy atom. The van der Waals surface area contributed by atoms with Crippen molar-refractivity contribution >= 4 is 0 Å². The van der Waals surface area contributed by atoms with Gasteiger partial charge in [-0.3, -0.25) is 4.98 Å².